The summed E-state index contributed by atoms with van der Waals surface area (Å²) >= 11 is 12.8. The molecule has 8 nitrogen and oxygen atoms in total. The summed E-state index contributed by atoms with van der Waals surface area (Å²) in [6.07, 6.45) is 2.81. The Hall–Kier alpha value is -1.72. The molecule has 3 aliphatic rings. The highest BCUT2D eigenvalue weighted by Crippen LogP contribution is 2.52. The predicted molar refractivity (Wildman–Crippen MR) is 170 cm³/mol. The average molecular weight is 653 g/mol. The Morgan fingerprint density at radius 1 is 1.07 bits per heavy atom. The van der Waals surface area contributed by atoms with Crippen LogP contribution in [-0.4, -0.2) is 97.9 Å². The van der Waals surface area contributed by atoms with Gasteiger partial charge in [-0.25, -0.2) is 12.7 Å². The van der Waals surface area contributed by atoms with Crippen LogP contribution in [0.25, 0.3) is 0 Å². The molecule has 2 aliphatic heterocycles. The van der Waals surface area contributed by atoms with Crippen LogP contribution < -0.4 is 0 Å². The molecule has 5 rings (SSSR count). The van der Waals surface area contributed by atoms with Gasteiger partial charge in [-0.2, -0.15) is 0 Å². The van der Waals surface area contributed by atoms with Crippen molar-refractivity contribution in [3.8, 4) is 0 Å². The van der Waals surface area contributed by atoms with Gasteiger partial charge in [0.2, 0.25) is 15.9 Å². The molecule has 4 atom stereocenters. The highest BCUT2D eigenvalue weighted by atomic mass is 35.5. The van der Waals surface area contributed by atoms with Gasteiger partial charge in [0.15, 0.2) is 0 Å². The summed E-state index contributed by atoms with van der Waals surface area (Å²) < 4.78 is 33.4. The van der Waals surface area contributed by atoms with Crippen molar-refractivity contribution in [3.63, 3.8) is 0 Å². The number of piperidine rings is 1. The molecule has 236 valence electrons. The highest BCUT2D eigenvalue weighted by molar-refractivity contribution is 7.90. The van der Waals surface area contributed by atoms with Crippen molar-refractivity contribution in [2.75, 3.05) is 53.0 Å². The molecule has 2 heterocycles. The van der Waals surface area contributed by atoms with Crippen molar-refractivity contribution in [3.05, 3.63) is 69.7 Å². The molecular weight excluding hydrogens is 609 g/mol. The van der Waals surface area contributed by atoms with E-state index in [0.717, 1.165) is 24.2 Å². The van der Waals surface area contributed by atoms with E-state index in [2.05, 4.69) is 4.90 Å². The first kappa shape index (κ1) is 32.7. The maximum absolute atomic E-state index is 14.9. The van der Waals surface area contributed by atoms with E-state index in [1.807, 2.05) is 60.4 Å². The van der Waals surface area contributed by atoms with Crippen molar-refractivity contribution in [1.82, 2.24) is 14.1 Å². The van der Waals surface area contributed by atoms with Crippen LogP contribution in [0.1, 0.15) is 62.1 Å². The van der Waals surface area contributed by atoms with Crippen molar-refractivity contribution < 1.29 is 23.1 Å². The Morgan fingerprint density at radius 2 is 1.77 bits per heavy atom. The number of hydrogen-bond donors (Lipinski definition) is 1. The summed E-state index contributed by atoms with van der Waals surface area (Å²) in [6, 6.07) is 14.4. The molecule has 2 aromatic carbocycles. The standard InChI is InChI=1S/C32H43Cl2N3O5S/c1-3-27(21-35(2)43(40,41)28-11-12-28)37-30(23-7-9-25(33)10-8-23)29(24-5-4-6-26(34)19-24)20-32(22-38,31(37)39)13-14-36-15-17-42-18-16-36/h4-10,19,27-30,38H,3,11-18,20-22H2,1-2H3/t27-,29+,30+,32+/m0/s1. The van der Waals surface area contributed by atoms with Gasteiger partial charge >= 0.3 is 0 Å². The molecule has 0 aromatic heterocycles. The molecule has 43 heavy (non-hydrogen) atoms. The number of carbonyl (C=O) groups excluding carboxylic acids is 1. The lowest BCUT2D eigenvalue weighted by Gasteiger charge is -2.53. The van der Waals surface area contributed by atoms with E-state index in [9.17, 15) is 18.3 Å². The number of aliphatic hydroxyl groups is 1. The fourth-order valence-electron chi connectivity index (χ4n) is 6.75. The van der Waals surface area contributed by atoms with E-state index in [1.54, 1.807) is 7.05 Å². The molecule has 3 fully saturated rings. The van der Waals surface area contributed by atoms with Gasteiger partial charge in [0, 0.05) is 48.7 Å². The molecule has 1 aliphatic carbocycles. The highest BCUT2D eigenvalue weighted by Gasteiger charge is 2.54. The zero-order chi connectivity index (χ0) is 30.8. The molecule has 2 saturated heterocycles. The van der Waals surface area contributed by atoms with Crippen LogP contribution in [0.3, 0.4) is 0 Å². The largest absolute Gasteiger partial charge is 0.395 e. The second kappa shape index (κ2) is 13.7. The number of aliphatic hydroxyl groups excluding tert-OH is 1. The van der Waals surface area contributed by atoms with Crippen molar-refractivity contribution in [2.45, 2.75) is 62.3 Å². The first-order valence-electron chi connectivity index (χ1n) is 15.3. The van der Waals surface area contributed by atoms with Crippen molar-refractivity contribution >= 4 is 39.1 Å². The van der Waals surface area contributed by atoms with E-state index in [4.69, 9.17) is 27.9 Å². The Kier molecular flexibility index (Phi) is 10.4. The Labute approximate surface area is 265 Å². The molecule has 0 spiro atoms. The molecule has 1 saturated carbocycles. The topological polar surface area (TPSA) is 90.4 Å². The number of nitrogens with zero attached hydrogens (tertiary/aromatic N) is 3. The van der Waals surface area contributed by atoms with E-state index in [0.29, 0.717) is 61.9 Å². The van der Waals surface area contributed by atoms with Gasteiger partial charge in [0.05, 0.1) is 36.5 Å². The lowest BCUT2D eigenvalue weighted by molar-refractivity contribution is -0.161. The van der Waals surface area contributed by atoms with E-state index in [1.165, 1.54) is 4.31 Å². The monoisotopic (exact) mass is 651 g/mol. The number of benzene rings is 2. The number of halogens is 2. The second-order valence-electron chi connectivity index (χ2n) is 12.3. The molecule has 1 amide bonds. The minimum Gasteiger partial charge on any atom is -0.395 e. The minimum absolute atomic E-state index is 0.134. The Balaban J connectivity index is 1.60. The summed E-state index contributed by atoms with van der Waals surface area (Å²) in [5.41, 5.74) is 0.840. The van der Waals surface area contributed by atoms with Crippen LogP contribution in [0.2, 0.25) is 10.0 Å². The van der Waals surface area contributed by atoms with Crippen LogP contribution in [0.5, 0.6) is 0 Å². The van der Waals surface area contributed by atoms with Crippen LogP contribution in [0, 0.1) is 5.41 Å². The first-order valence-corrected chi connectivity index (χ1v) is 17.6. The van der Waals surface area contributed by atoms with E-state index in [-0.39, 0.29) is 30.2 Å². The Bertz CT molecular complexity index is 1370. The van der Waals surface area contributed by atoms with Crippen LogP contribution in [0.15, 0.2) is 48.5 Å². The van der Waals surface area contributed by atoms with Crippen molar-refractivity contribution in [2.24, 2.45) is 5.41 Å². The normalized spacial score (nSPS) is 26.2. The molecule has 0 radical (unpaired) electrons. The number of carbonyl (C=O) groups is 1. The molecule has 0 bridgehead atoms. The van der Waals surface area contributed by atoms with Gasteiger partial charge in [-0.1, -0.05) is 54.4 Å². The molecule has 2 aromatic rings. The van der Waals surface area contributed by atoms with Crippen molar-refractivity contribution in [1.29, 1.82) is 0 Å². The smallest absolute Gasteiger partial charge is 0.232 e. The molecule has 0 unspecified atom stereocenters. The lowest BCUT2D eigenvalue weighted by atomic mass is 9.66. The fourth-order valence-corrected chi connectivity index (χ4v) is 8.69. The number of likely N-dealkylation sites (tertiary alicyclic amines) is 1. The summed E-state index contributed by atoms with van der Waals surface area (Å²) in [4.78, 5) is 19.1. The van der Waals surface area contributed by atoms with Gasteiger partial charge in [-0.05, 0) is 74.0 Å². The zero-order valence-electron chi connectivity index (χ0n) is 25.0. The van der Waals surface area contributed by atoms with Gasteiger partial charge in [-0.3, -0.25) is 9.69 Å². The SMILES string of the molecule is CC[C@@H](CN(C)S(=O)(=O)C1CC1)N1C(=O)[C@](CO)(CCN2CCOCC2)C[C@H](c2cccc(Cl)c2)[C@H]1c1ccc(Cl)cc1. The minimum atomic E-state index is -3.45. The number of ether oxygens (including phenoxy) is 1. The first-order chi connectivity index (χ1) is 20.6. The summed E-state index contributed by atoms with van der Waals surface area (Å²) in [6.45, 7) is 5.39. The third-order valence-corrected chi connectivity index (χ3v) is 12.3. The second-order valence-corrected chi connectivity index (χ2v) is 15.5. The van der Waals surface area contributed by atoms with Crippen LogP contribution in [0.4, 0.5) is 0 Å². The number of amides is 1. The van der Waals surface area contributed by atoms with Crippen LogP contribution in [-0.2, 0) is 19.6 Å². The lowest BCUT2D eigenvalue weighted by Crippen LogP contribution is -2.60. The number of rotatable bonds is 12. The average Bonchev–Trinajstić information content (AvgIpc) is 3.87. The third-order valence-electron chi connectivity index (χ3n) is 9.49. The number of sulfonamides is 1. The van der Waals surface area contributed by atoms with Gasteiger partial charge in [0.1, 0.15) is 0 Å². The summed E-state index contributed by atoms with van der Waals surface area (Å²) in [7, 11) is -1.83. The van der Waals surface area contributed by atoms with Crippen LogP contribution >= 0.6 is 23.2 Å². The maximum atomic E-state index is 14.9. The van der Waals surface area contributed by atoms with E-state index < -0.39 is 27.5 Å². The predicted octanol–water partition coefficient (Wildman–Crippen LogP) is 4.95. The maximum Gasteiger partial charge on any atom is 0.232 e. The number of hydrogen-bond acceptors (Lipinski definition) is 6. The molecule has 11 heteroatoms. The Morgan fingerprint density at radius 3 is 2.37 bits per heavy atom. The zero-order valence-corrected chi connectivity index (χ0v) is 27.3. The van der Waals surface area contributed by atoms with E-state index >= 15 is 0 Å². The summed E-state index contributed by atoms with van der Waals surface area (Å²) in [5.74, 6) is -0.334. The third kappa shape index (κ3) is 7.08. The van der Waals surface area contributed by atoms with Gasteiger partial charge in [0.25, 0.3) is 0 Å². The fraction of sp³-hybridized carbons (Fsp3) is 0.594. The molecule has 1 N–H and O–H groups in total. The number of likely N-dealkylation sites (N-methyl/N-ethyl adjacent to an activating group) is 1. The van der Waals surface area contributed by atoms with Gasteiger partial charge < -0.3 is 14.7 Å². The number of morpholine rings is 1. The summed E-state index contributed by atoms with van der Waals surface area (Å²) in [5, 5.41) is 11.9. The molecular formula is C32H43Cl2N3O5S. The quantitative estimate of drug-likeness (QED) is 0.349. The van der Waals surface area contributed by atoms with Gasteiger partial charge in [-0.15, -0.1) is 0 Å².